The van der Waals surface area contributed by atoms with Crippen molar-refractivity contribution in [2.24, 2.45) is 11.8 Å². The normalized spacial score (nSPS) is 25.6. The van der Waals surface area contributed by atoms with E-state index in [1.54, 1.807) is 6.07 Å². The molecule has 6 heteroatoms. The minimum Gasteiger partial charge on any atom is -0.298 e. The van der Waals surface area contributed by atoms with Crippen molar-refractivity contribution < 1.29 is 14.0 Å². The first-order valence-electron chi connectivity index (χ1n) is 8.52. The maximum atomic E-state index is 13.8. The van der Waals surface area contributed by atoms with Crippen LogP contribution in [0.1, 0.15) is 42.7 Å². The van der Waals surface area contributed by atoms with Gasteiger partial charge >= 0.3 is 0 Å². The first-order valence-corrected chi connectivity index (χ1v) is 9.71. The first-order chi connectivity index (χ1) is 12.0. The molecule has 1 aromatic heterocycles. The Labute approximate surface area is 154 Å². The number of aryl methyl sites for hydroxylation is 1. The highest BCUT2D eigenvalue weighted by molar-refractivity contribution is 7.15. The van der Waals surface area contributed by atoms with Gasteiger partial charge in [-0.1, -0.05) is 24.6 Å². The fraction of sp³-hybridized carbons (Fsp3) is 0.421. The quantitative estimate of drug-likeness (QED) is 0.720. The van der Waals surface area contributed by atoms with Crippen molar-refractivity contribution in [3.8, 4) is 10.6 Å². The Hall–Kier alpha value is -1.59. The maximum absolute atomic E-state index is 13.8. The van der Waals surface area contributed by atoms with E-state index in [4.69, 9.17) is 11.6 Å². The molecule has 0 radical (unpaired) electrons. The highest BCUT2D eigenvalue weighted by atomic mass is 35.5. The van der Waals surface area contributed by atoms with E-state index in [1.807, 2.05) is 6.92 Å². The number of ketones is 2. The Morgan fingerprint density at radius 3 is 2.52 bits per heavy atom. The number of hydrogen-bond acceptors (Lipinski definition) is 4. The molecular weight excluding hydrogens is 361 g/mol. The Kier molecular flexibility index (Phi) is 4.24. The number of benzene rings is 1. The molecule has 130 valence electrons. The summed E-state index contributed by atoms with van der Waals surface area (Å²) in [6.07, 6.45) is 3.02. The van der Waals surface area contributed by atoms with Gasteiger partial charge in [0.2, 0.25) is 0 Å². The number of carbonyl (C=O) groups excluding carboxylic acids is 2. The van der Waals surface area contributed by atoms with Crippen molar-refractivity contribution in [1.82, 2.24) is 4.98 Å². The fourth-order valence-corrected chi connectivity index (χ4v) is 5.13. The van der Waals surface area contributed by atoms with Crippen LogP contribution < -0.4 is 0 Å². The van der Waals surface area contributed by atoms with Gasteiger partial charge in [-0.05, 0) is 37.8 Å². The van der Waals surface area contributed by atoms with Gasteiger partial charge in [0.1, 0.15) is 16.7 Å². The van der Waals surface area contributed by atoms with Crippen LogP contribution in [0.3, 0.4) is 0 Å². The molecule has 1 unspecified atom stereocenters. The van der Waals surface area contributed by atoms with E-state index in [2.05, 4.69) is 4.98 Å². The smallest absolute Gasteiger partial charge is 0.152 e. The number of halogens is 2. The number of carbonyl (C=O) groups is 2. The number of nitrogens with zero attached hydrogens (tertiary/aromatic N) is 1. The molecule has 0 N–H and O–H groups in total. The Morgan fingerprint density at radius 1 is 1.24 bits per heavy atom. The highest BCUT2D eigenvalue weighted by Gasteiger charge is 2.48. The van der Waals surface area contributed by atoms with Crippen LogP contribution in [0.25, 0.3) is 10.6 Å². The molecule has 1 heterocycles. The standard InChI is InChI=1S/C19H17ClFNO2S/c1-2-14-16(15-17(23)9-3-4-10(7-9)18(15)24)22-19(25-14)11-5-6-12(20)13(21)8-11/h5-6,8-10,15H,2-4,7H2,1H3/t9-,10+,15?. The van der Waals surface area contributed by atoms with Gasteiger partial charge in [0.25, 0.3) is 0 Å². The van der Waals surface area contributed by atoms with E-state index in [-0.39, 0.29) is 28.4 Å². The molecule has 2 aliphatic carbocycles. The molecule has 0 saturated heterocycles. The second-order valence-electron chi connectivity index (χ2n) is 6.75. The zero-order chi connectivity index (χ0) is 17.7. The molecule has 4 rings (SSSR count). The predicted octanol–water partition coefficient (Wildman–Crippen LogP) is 4.82. The van der Waals surface area contributed by atoms with Crippen molar-refractivity contribution in [3.05, 3.63) is 39.6 Å². The SMILES string of the molecule is CCc1sc(-c2ccc(Cl)c(F)c2)nc1C1C(=O)[C@@H]2CC[C@@H](C2)C1=O. The number of fused-ring (bicyclic) bond motifs is 2. The Bertz CT molecular complexity index is 856. The van der Waals surface area contributed by atoms with Crippen LogP contribution >= 0.6 is 22.9 Å². The van der Waals surface area contributed by atoms with Crippen LogP contribution in [0.15, 0.2) is 18.2 Å². The van der Waals surface area contributed by atoms with Crippen LogP contribution in [0, 0.1) is 17.7 Å². The number of Topliss-reactive ketones (excluding diaryl/α,β-unsaturated/α-hetero) is 2. The molecule has 2 aliphatic rings. The summed E-state index contributed by atoms with van der Waals surface area (Å²) in [6, 6.07) is 4.55. The molecule has 2 saturated carbocycles. The molecule has 0 spiro atoms. The van der Waals surface area contributed by atoms with Crippen LogP contribution in [-0.2, 0) is 16.0 Å². The van der Waals surface area contributed by atoms with E-state index in [1.165, 1.54) is 23.5 Å². The molecule has 1 aromatic carbocycles. The molecular formula is C19H17ClFNO2S. The van der Waals surface area contributed by atoms with E-state index in [0.29, 0.717) is 29.1 Å². The average Bonchev–Trinajstić information content (AvgIpc) is 3.22. The van der Waals surface area contributed by atoms with Crippen molar-refractivity contribution >= 4 is 34.5 Å². The number of aromatic nitrogens is 1. The highest BCUT2D eigenvalue weighted by Crippen LogP contribution is 2.45. The number of hydrogen-bond donors (Lipinski definition) is 0. The minimum absolute atomic E-state index is 0.00414. The van der Waals surface area contributed by atoms with Crippen molar-refractivity contribution in [3.63, 3.8) is 0 Å². The summed E-state index contributed by atoms with van der Waals surface area (Å²) in [5.74, 6) is -1.20. The zero-order valence-corrected chi connectivity index (χ0v) is 15.3. The van der Waals surface area contributed by atoms with Crippen LogP contribution in [0.5, 0.6) is 0 Å². The predicted molar refractivity (Wildman–Crippen MR) is 95.5 cm³/mol. The van der Waals surface area contributed by atoms with Gasteiger partial charge in [-0.3, -0.25) is 9.59 Å². The number of rotatable bonds is 3. The molecule has 3 atom stereocenters. The van der Waals surface area contributed by atoms with E-state index in [0.717, 1.165) is 17.7 Å². The zero-order valence-electron chi connectivity index (χ0n) is 13.7. The third-order valence-electron chi connectivity index (χ3n) is 5.30. The van der Waals surface area contributed by atoms with Gasteiger partial charge < -0.3 is 0 Å². The lowest BCUT2D eigenvalue weighted by molar-refractivity contribution is -0.136. The van der Waals surface area contributed by atoms with E-state index in [9.17, 15) is 14.0 Å². The summed E-state index contributed by atoms with van der Waals surface area (Å²) in [7, 11) is 0. The topological polar surface area (TPSA) is 47.0 Å². The van der Waals surface area contributed by atoms with Gasteiger partial charge in [-0.15, -0.1) is 11.3 Å². The molecule has 0 amide bonds. The summed E-state index contributed by atoms with van der Waals surface area (Å²) in [5.41, 5.74) is 1.20. The van der Waals surface area contributed by atoms with Crippen molar-refractivity contribution in [2.45, 2.75) is 38.5 Å². The fourth-order valence-electron chi connectivity index (χ4n) is 3.97. The van der Waals surface area contributed by atoms with Gasteiger partial charge in [-0.2, -0.15) is 0 Å². The molecule has 25 heavy (non-hydrogen) atoms. The summed E-state index contributed by atoms with van der Waals surface area (Å²) >= 11 is 7.17. The summed E-state index contributed by atoms with van der Waals surface area (Å²) < 4.78 is 13.8. The third kappa shape index (κ3) is 2.74. The van der Waals surface area contributed by atoms with Crippen LogP contribution in [-0.4, -0.2) is 16.6 Å². The first kappa shape index (κ1) is 16.9. The van der Waals surface area contributed by atoms with Crippen LogP contribution in [0.4, 0.5) is 4.39 Å². The van der Waals surface area contributed by atoms with Gasteiger partial charge in [0, 0.05) is 22.3 Å². The number of thiazole rings is 1. The average molecular weight is 378 g/mol. The van der Waals surface area contributed by atoms with E-state index >= 15 is 0 Å². The maximum Gasteiger partial charge on any atom is 0.152 e. The third-order valence-corrected chi connectivity index (χ3v) is 6.87. The molecule has 2 aromatic rings. The lowest BCUT2D eigenvalue weighted by Gasteiger charge is -2.24. The largest absolute Gasteiger partial charge is 0.298 e. The van der Waals surface area contributed by atoms with Crippen LogP contribution in [0.2, 0.25) is 5.02 Å². The summed E-state index contributed by atoms with van der Waals surface area (Å²) in [6.45, 7) is 1.98. The molecule has 0 aliphatic heterocycles. The summed E-state index contributed by atoms with van der Waals surface area (Å²) in [5, 5.41) is 0.686. The van der Waals surface area contributed by atoms with Crippen molar-refractivity contribution in [1.29, 1.82) is 0 Å². The molecule has 3 nitrogen and oxygen atoms in total. The van der Waals surface area contributed by atoms with Gasteiger partial charge in [0.05, 0.1) is 10.7 Å². The van der Waals surface area contributed by atoms with Gasteiger partial charge in [-0.25, -0.2) is 9.37 Å². The molecule has 2 fully saturated rings. The summed E-state index contributed by atoms with van der Waals surface area (Å²) in [4.78, 5) is 31.1. The van der Waals surface area contributed by atoms with Gasteiger partial charge in [0.15, 0.2) is 11.6 Å². The Balaban J connectivity index is 1.77. The lowest BCUT2D eigenvalue weighted by atomic mass is 9.77. The lowest BCUT2D eigenvalue weighted by Crippen LogP contribution is -2.35. The molecule has 2 bridgehead atoms. The van der Waals surface area contributed by atoms with Crippen molar-refractivity contribution in [2.75, 3.05) is 0 Å². The minimum atomic E-state index is -0.733. The second-order valence-corrected chi connectivity index (χ2v) is 8.25. The second kappa shape index (κ2) is 6.29. The Morgan fingerprint density at radius 2 is 1.92 bits per heavy atom. The van der Waals surface area contributed by atoms with E-state index < -0.39 is 11.7 Å². The monoisotopic (exact) mass is 377 g/mol.